The number of aromatic amines is 1. The fraction of sp³-hybridized carbons (Fsp3) is 0.552. The molecule has 0 aliphatic carbocycles. The maximum absolute atomic E-state index is 13.9. The first-order chi connectivity index (χ1) is 19.4. The van der Waals surface area contributed by atoms with Crippen LogP contribution in [0.5, 0.6) is 0 Å². The van der Waals surface area contributed by atoms with Gasteiger partial charge in [0.25, 0.3) is 11.4 Å². The van der Waals surface area contributed by atoms with Gasteiger partial charge in [-0.2, -0.15) is 0 Å². The Hall–Kier alpha value is -3.34. The molecule has 0 unspecified atom stereocenters. The molecule has 1 fully saturated rings. The average molecular weight is 605 g/mol. The molecule has 2 heterocycles. The number of H-pyrrole nitrogens is 1. The minimum Gasteiger partial charge on any atom is -0.351 e. The summed E-state index contributed by atoms with van der Waals surface area (Å²) in [5.41, 5.74) is -1.68. The van der Waals surface area contributed by atoms with Gasteiger partial charge in [-0.25, -0.2) is 0 Å². The molecule has 1 saturated heterocycles. The predicted octanol–water partition coefficient (Wildman–Crippen LogP) is 3.13. The van der Waals surface area contributed by atoms with E-state index in [1.165, 1.54) is 36.1 Å². The van der Waals surface area contributed by atoms with Gasteiger partial charge >= 0.3 is 7.60 Å². The Bertz CT molecular complexity index is 1420. The van der Waals surface area contributed by atoms with E-state index in [1.54, 1.807) is 0 Å². The fourth-order valence-electron chi connectivity index (χ4n) is 5.09. The highest BCUT2D eigenvalue weighted by molar-refractivity contribution is 7.70. The van der Waals surface area contributed by atoms with Crippen molar-refractivity contribution in [2.45, 2.75) is 85.4 Å². The summed E-state index contributed by atoms with van der Waals surface area (Å²) >= 11 is 0. The Kier molecular flexibility index (Phi) is 10.2. The summed E-state index contributed by atoms with van der Waals surface area (Å²) in [7, 11) is -4.97. The molecule has 13 heteroatoms. The number of aromatic nitrogens is 1. The molecule has 3 amide bonds. The van der Waals surface area contributed by atoms with Crippen LogP contribution in [0.4, 0.5) is 0 Å². The molecular formula is C29H41N4O8P. The Morgan fingerprint density at radius 3 is 2.33 bits per heavy atom. The number of amides is 3. The van der Waals surface area contributed by atoms with Gasteiger partial charge in [0.1, 0.15) is 23.6 Å². The van der Waals surface area contributed by atoms with E-state index in [2.05, 4.69) is 15.6 Å². The predicted molar refractivity (Wildman–Crippen MR) is 157 cm³/mol. The van der Waals surface area contributed by atoms with Crippen molar-refractivity contribution < 1.29 is 38.3 Å². The van der Waals surface area contributed by atoms with Gasteiger partial charge < -0.3 is 35.1 Å². The van der Waals surface area contributed by atoms with Gasteiger partial charge in [0.2, 0.25) is 11.8 Å². The van der Waals surface area contributed by atoms with Gasteiger partial charge in [0.05, 0.1) is 0 Å². The van der Waals surface area contributed by atoms with Crippen LogP contribution in [-0.4, -0.2) is 73.4 Å². The minimum absolute atomic E-state index is 0.0429. The van der Waals surface area contributed by atoms with Gasteiger partial charge in [-0.05, 0) is 61.8 Å². The monoisotopic (exact) mass is 604 g/mol. The lowest BCUT2D eigenvalue weighted by atomic mass is 9.85. The zero-order valence-electron chi connectivity index (χ0n) is 24.9. The average Bonchev–Trinajstić information content (AvgIpc) is 3.54. The van der Waals surface area contributed by atoms with Gasteiger partial charge in [-0.1, -0.05) is 34.6 Å². The number of benzene rings is 1. The van der Waals surface area contributed by atoms with Crippen LogP contribution in [-0.2, 0) is 18.9 Å². The quantitative estimate of drug-likeness (QED) is 0.242. The first-order valence-electron chi connectivity index (χ1n) is 14.0. The topological polar surface area (TPSA) is 186 Å². The van der Waals surface area contributed by atoms with Crippen molar-refractivity contribution in [3.8, 4) is 0 Å². The third kappa shape index (κ3) is 7.93. The number of nitrogens with one attached hydrogen (secondary N) is 3. The van der Waals surface area contributed by atoms with Crippen LogP contribution >= 0.6 is 7.60 Å². The number of Topliss-reactive ketones (excluding diaryl/α,β-unsaturated/α-hetero) is 1. The molecule has 0 spiro atoms. The number of hydrogen-bond acceptors (Lipinski definition) is 6. The molecule has 230 valence electrons. The highest BCUT2D eigenvalue weighted by atomic mass is 31.2. The Morgan fingerprint density at radius 2 is 1.76 bits per heavy atom. The van der Waals surface area contributed by atoms with E-state index in [0.29, 0.717) is 43.1 Å². The maximum atomic E-state index is 13.9. The highest BCUT2D eigenvalue weighted by Gasteiger charge is 2.42. The van der Waals surface area contributed by atoms with Crippen molar-refractivity contribution in [3.63, 3.8) is 0 Å². The molecule has 0 radical (unpaired) electrons. The van der Waals surface area contributed by atoms with Crippen LogP contribution in [0, 0.1) is 11.3 Å². The Labute approximate surface area is 245 Å². The van der Waals surface area contributed by atoms with Crippen molar-refractivity contribution >= 4 is 47.5 Å². The zero-order valence-corrected chi connectivity index (χ0v) is 25.8. The number of ketones is 1. The second-order valence-corrected chi connectivity index (χ2v) is 13.9. The number of nitrogens with zero attached hydrogens (tertiary/aromatic N) is 1. The third-order valence-electron chi connectivity index (χ3n) is 7.54. The summed E-state index contributed by atoms with van der Waals surface area (Å²) in [6.07, 6.45) is 1.98. The minimum atomic E-state index is -4.97. The lowest BCUT2D eigenvalue weighted by Gasteiger charge is -2.36. The van der Waals surface area contributed by atoms with Crippen LogP contribution in [0.25, 0.3) is 10.9 Å². The molecule has 1 aliphatic rings. The van der Waals surface area contributed by atoms with Gasteiger partial charge in [-0.3, -0.25) is 23.7 Å². The number of carbonyl (C=O) groups excluding carboxylic acids is 5. The van der Waals surface area contributed by atoms with Crippen LogP contribution in [0.1, 0.15) is 88.1 Å². The normalized spacial score (nSPS) is 17.3. The Balaban J connectivity index is 1.79. The number of hydrogen-bond donors (Lipinski definition) is 5. The number of carbonyl (C=O) groups is 5. The molecule has 5 N–H and O–H groups in total. The third-order valence-corrected chi connectivity index (χ3v) is 8.33. The van der Waals surface area contributed by atoms with Crippen LogP contribution in [0.3, 0.4) is 0 Å². The second kappa shape index (κ2) is 12.9. The van der Waals surface area contributed by atoms with E-state index < -0.39 is 36.5 Å². The lowest BCUT2D eigenvalue weighted by molar-refractivity contribution is -0.142. The summed E-state index contributed by atoms with van der Waals surface area (Å²) in [5, 5.41) is 6.22. The zero-order chi connectivity index (χ0) is 31.6. The largest absolute Gasteiger partial charge is 0.396 e. The molecule has 1 aromatic carbocycles. The van der Waals surface area contributed by atoms with Crippen molar-refractivity contribution in [3.05, 3.63) is 35.5 Å². The van der Waals surface area contributed by atoms with Crippen LogP contribution < -0.4 is 10.6 Å². The van der Waals surface area contributed by atoms with E-state index in [-0.39, 0.29) is 40.8 Å². The van der Waals surface area contributed by atoms with E-state index in [4.69, 9.17) is 0 Å². The van der Waals surface area contributed by atoms with Crippen LogP contribution in [0.15, 0.2) is 24.3 Å². The summed E-state index contributed by atoms with van der Waals surface area (Å²) in [6, 6.07) is 3.53. The summed E-state index contributed by atoms with van der Waals surface area (Å²) < 4.78 is 11.4. The van der Waals surface area contributed by atoms with E-state index in [1.807, 2.05) is 34.6 Å². The molecule has 42 heavy (non-hydrogen) atoms. The summed E-state index contributed by atoms with van der Waals surface area (Å²) in [6.45, 7) is 11.2. The van der Waals surface area contributed by atoms with Crippen molar-refractivity contribution in [1.82, 2.24) is 20.5 Å². The first kappa shape index (κ1) is 33.2. The standard InChI is InChI=1S/C29H41N4O8P/c1-16(2)20(11-9-17(3)34)31-26(36)23-8-7-13-33(23)27(37)24(29(4,5)6)32-25(35)22-15-19-14-18(10-12-21(19)30-22)28(38)42(39,40)41/h10,12,14-16,20,23-24,30H,7-9,11,13H2,1-6H3,(H,31,36)(H,32,35)(H2,39,40,41)/t20-,23-,24+/m0/s1. The molecule has 1 aromatic heterocycles. The molecule has 3 atom stereocenters. The van der Waals surface area contributed by atoms with E-state index in [9.17, 15) is 38.3 Å². The molecule has 3 rings (SSSR count). The van der Waals surface area contributed by atoms with Crippen molar-refractivity contribution in [2.75, 3.05) is 6.54 Å². The van der Waals surface area contributed by atoms with Gasteiger partial charge in [-0.15, -0.1) is 0 Å². The summed E-state index contributed by atoms with van der Waals surface area (Å²) in [5.74, 6) is -1.11. The highest BCUT2D eigenvalue weighted by Crippen LogP contribution is 2.39. The molecule has 1 aliphatic heterocycles. The smallest absolute Gasteiger partial charge is 0.351 e. The first-order valence-corrected chi connectivity index (χ1v) is 15.7. The van der Waals surface area contributed by atoms with E-state index in [0.717, 1.165) is 0 Å². The molecular weight excluding hydrogens is 563 g/mol. The lowest BCUT2D eigenvalue weighted by Crippen LogP contribution is -2.58. The van der Waals surface area contributed by atoms with Gasteiger partial charge in [0, 0.05) is 35.5 Å². The van der Waals surface area contributed by atoms with Crippen LogP contribution in [0.2, 0.25) is 0 Å². The number of fused-ring (bicyclic) bond motifs is 1. The van der Waals surface area contributed by atoms with Gasteiger partial charge in [0.15, 0.2) is 0 Å². The van der Waals surface area contributed by atoms with Crippen molar-refractivity contribution in [1.29, 1.82) is 0 Å². The fourth-order valence-corrected chi connectivity index (χ4v) is 5.57. The SMILES string of the molecule is CC(=O)CC[C@H](NC(=O)[C@@H]1CCCN1C(=O)[C@@H](NC(=O)c1cc2cc(C(=O)P(=O)(O)O)ccc2[nH]1)C(C)(C)C)C(C)C. The van der Waals surface area contributed by atoms with E-state index >= 15 is 0 Å². The maximum Gasteiger partial charge on any atom is 0.396 e. The molecule has 0 saturated carbocycles. The second-order valence-electron chi connectivity index (χ2n) is 12.4. The number of rotatable bonds is 11. The van der Waals surface area contributed by atoms with Crippen molar-refractivity contribution in [2.24, 2.45) is 11.3 Å². The molecule has 12 nitrogen and oxygen atoms in total. The number of likely N-dealkylation sites (tertiary alicyclic amines) is 1. The Morgan fingerprint density at radius 1 is 1.10 bits per heavy atom. The molecule has 0 bridgehead atoms. The molecule has 2 aromatic rings. The summed E-state index contributed by atoms with van der Waals surface area (Å²) in [4.78, 5) is 86.8.